The van der Waals surface area contributed by atoms with Gasteiger partial charge in [0.2, 0.25) is 5.91 Å². The molecule has 9 heteroatoms. The van der Waals surface area contributed by atoms with E-state index in [2.05, 4.69) is 63.3 Å². The van der Waals surface area contributed by atoms with E-state index in [0.29, 0.717) is 30.0 Å². The van der Waals surface area contributed by atoms with Gasteiger partial charge >= 0.3 is 5.97 Å². The zero-order valence-electron chi connectivity index (χ0n) is 27.4. The normalized spacial score (nSPS) is 13.8. The zero-order valence-corrected chi connectivity index (χ0v) is 27.4. The molecule has 0 bridgehead atoms. The first-order valence-corrected chi connectivity index (χ1v) is 15.4. The molecule has 2 aromatic carbocycles. The molecule has 3 aromatic rings. The van der Waals surface area contributed by atoms with Crippen molar-refractivity contribution in [3.8, 4) is 0 Å². The number of esters is 1. The summed E-state index contributed by atoms with van der Waals surface area (Å²) in [4.78, 5) is 36.7. The Bertz CT molecular complexity index is 1520. The molecule has 0 unspecified atom stereocenters. The number of nitrogens with one attached hydrogen (secondary N) is 2. The minimum absolute atomic E-state index is 0.186. The third-order valence-electron chi connectivity index (χ3n) is 7.59. The number of carbonyl (C=O) groups is 2. The SMILES string of the molecule is C=C(Nc1ncc(C(=O)OC(C)C)cc1Cc1ccc(C)c(NC(=O)/C=C/CN(C)C)c1)c1ccc(N2CCN(C)CC2)cc1. The summed E-state index contributed by atoms with van der Waals surface area (Å²) in [6, 6.07) is 16.2. The second kappa shape index (κ2) is 15.5. The van der Waals surface area contributed by atoms with Gasteiger partial charge < -0.3 is 30.1 Å². The Kier molecular flexibility index (Phi) is 11.5. The number of aryl methyl sites for hydroxylation is 1. The lowest BCUT2D eigenvalue weighted by atomic mass is 10.0. The number of anilines is 3. The average Bonchev–Trinajstić information content (AvgIpc) is 2.99. The molecule has 1 saturated heterocycles. The summed E-state index contributed by atoms with van der Waals surface area (Å²) in [5, 5.41) is 6.38. The number of rotatable bonds is 12. The van der Waals surface area contributed by atoms with E-state index in [1.54, 1.807) is 6.08 Å². The molecule has 2 N–H and O–H groups in total. The number of carbonyl (C=O) groups excluding carboxylic acids is 2. The van der Waals surface area contributed by atoms with Gasteiger partial charge in [0.15, 0.2) is 0 Å². The largest absolute Gasteiger partial charge is 0.459 e. The van der Waals surface area contributed by atoms with E-state index in [1.165, 1.54) is 11.9 Å². The molecule has 0 spiro atoms. The van der Waals surface area contributed by atoms with Gasteiger partial charge in [0, 0.05) is 74.1 Å². The maximum Gasteiger partial charge on any atom is 0.339 e. The Morgan fingerprint density at radius 1 is 1.02 bits per heavy atom. The number of pyridine rings is 1. The van der Waals surface area contributed by atoms with Gasteiger partial charge in [-0.3, -0.25) is 4.79 Å². The van der Waals surface area contributed by atoms with E-state index in [1.807, 2.05) is 70.1 Å². The highest BCUT2D eigenvalue weighted by atomic mass is 16.5. The predicted octanol–water partition coefficient (Wildman–Crippen LogP) is 5.44. The Hall–Kier alpha value is -4.47. The van der Waals surface area contributed by atoms with Crippen LogP contribution in [0.5, 0.6) is 0 Å². The number of piperazine rings is 1. The molecular weight excluding hydrogens is 564 g/mol. The van der Waals surface area contributed by atoms with E-state index in [4.69, 9.17) is 4.74 Å². The molecule has 0 atom stereocenters. The predicted molar refractivity (Wildman–Crippen MR) is 184 cm³/mol. The lowest BCUT2D eigenvalue weighted by Gasteiger charge is -2.34. The van der Waals surface area contributed by atoms with Gasteiger partial charge in [-0.2, -0.15) is 0 Å². The van der Waals surface area contributed by atoms with Crippen LogP contribution in [0.4, 0.5) is 17.2 Å². The number of hydrogen-bond donors (Lipinski definition) is 2. The monoisotopic (exact) mass is 610 g/mol. The summed E-state index contributed by atoms with van der Waals surface area (Å²) in [5.41, 5.74) is 6.66. The van der Waals surface area contributed by atoms with Crippen LogP contribution in [0.2, 0.25) is 0 Å². The van der Waals surface area contributed by atoms with E-state index < -0.39 is 5.97 Å². The first-order valence-electron chi connectivity index (χ1n) is 15.4. The quantitative estimate of drug-likeness (QED) is 0.207. The maximum atomic E-state index is 12.8. The number of amides is 1. The van der Waals surface area contributed by atoms with Gasteiger partial charge in [-0.05, 0) is 82.9 Å². The lowest BCUT2D eigenvalue weighted by Crippen LogP contribution is -2.44. The average molecular weight is 611 g/mol. The highest BCUT2D eigenvalue weighted by Gasteiger charge is 2.17. The number of likely N-dealkylation sites (N-methyl/N-ethyl adjacent to an activating group) is 2. The molecule has 0 aliphatic carbocycles. The summed E-state index contributed by atoms with van der Waals surface area (Å²) in [6.45, 7) is 14.7. The molecule has 1 aliphatic rings. The van der Waals surface area contributed by atoms with Gasteiger partial charge in [-0.25, -0.2) is 9.78 Å². The van der Waals surface area contributed by atoms with Crippen molar-refractivity contribution in [1.29, 1.82) is 0 Å². The highest BCUT2D eigenvalue weighted by molar-refractivity contribution is 5.99. The van der Waals surface area contributed by atoms with Crippen LogP contribution in [0.25, 0.3) is 5.70 Å². The van der Waals surface area contributed by atoms with E-state index in [-0.39, 0.29) is 12.0 Å². The van der Waals surface area contributed by atoms with Gasteiger partial charge in [0.25, 0.3) is 0 Å². The van der Waals surface area contributed by atoms with Crippen LogP contribution in [0, 0.1) is 6.92 Å². The van der Waals surface area contributed by atoms with Crippen molar-refractivity contribution in [2.24, 2.45) is 0 Å². The molecule has 4 rings (SSSR count). The Morgan fingerprint density at radius 3 is 2.40 bits per heavy atom. The summed E-state index contributed by atoms with van der Waals surface area (Å²) in [7, 11) is 6.05. The van der Waals surface area contributed by atoms with Crippen LogP contribution in [0.15, 0.2) is 73.5 Å². The molecule has 2 heterocycles. The van der Waals surface area contributed by atoms with Gasteiger partial charge in [-0.15, -0.1) is 0 Å². The van der Waals surface area contributed by atoms with E-state index in [9.17, 15) is 9.59 Å². The molecule has 1 fully saturated rings. The standard InChI is InChI=1S/C36H46N6O3/c1-25(2)45-36(44)31-23-30(21-28-11-10-26(3)33(22-28)39-34(43)9-8-16-40(5)6)35(37-24-31)38-27(4)29-12-14-32(15-13-29)42-19-17-41(7)18-20-42/h8-15,22-25H,4,16-21H2,1-3,5-7H3,(H,37,38)(H,39,43)/b9-8+. The third kappa shape index (κ3) is 9.76. The molecule has 1 aliphatic heterocycles. The molecule has 45 heavy (non-hydrogen) atoms. The minimum Gasteiger partial charge on any atom is -0.459 e. The van der Waals surface area contributed by atoms with Crippen molar-refractivity contribution in [3.05, 3.63) is 101 Å². The van der Waals surface area contributed by atoms with E-state index in [0.717, 1.165) is 54.1 Å². The molecule has 238 valence electrons. The number of benzene rings is 2. The summed E-state index contributed by atoms with van der Waals surface area (Å²) >= 11 is 0. The summed E-state index contributed by atoms with van der Waals surface area (Å²) in [6.07, 6.45) is 5.12. The zero-order chi connectivity index (χ0) is 32.5. The maximum absolute atomic E-state index is 12.8. The molecule has 1 amide bonds. The van der Waals surface area contributed by atoms with Crippen molar-refractivity contribution in [1.82, 2.24) is 14.8 Å². The van der Waals surface area contributed by atoms with Gasteiger partial charge in [-0.1, -0.05) is 36.9 Å². The first kappa shape index (κ1) is 33.4. The van der Waals surface area contributed by atoms with Gasteiger partial charge in [0.1, 0.15) is 5.82 Å². The molecule has 9 nitrogen and oxygen atoms in total. The fraction of sp³-hybridized carbons (Fsp3) is 0.361. The smallest absolute Gasteiger partial charge is 0.339 e. The van der Waals surface area contributed by atoms with Crippen LogP contribution in [-0.4, -0.2) is 86.6 Å². The number of ether oxygens (including phenoxy) is 1. The topological polar surface area (TPSA) is 90.0 Å². The molecule has 1 aromatic heterocycles. The second-order valence-corrected chi connectivity index (χ2v) is 12.1. The van der Waals surface area contributed by atoms with Crippen LogP contribution < -0.4 is 15.5 Å². The molecule has 0 radical (unpaired) electrons. The van der Waals surface area contributed by atoms with Crippen molar-refractivity contribution < 1.29 is 14.3 Å². The summed E-state index contributed by atoms with van der Waals surface area (Å²) < 4.78 is 5.44. The summed E-state index contributed by atoms with van der Waals surface area (Å²) in [5.74, 6) is -0.0125. The van der Waals surface area contributed by atoms with Crippen LogP contribution in [0.3, 0.4) is 0 Å². The van der Waals surface area contributed by atoms with Crippen molar-refractivity contribution in [2.45, 2.75) is 33.3 Å². The van der Waals surface area contributed by atoms with Crippen LogP contribution >= 0.6 is 0 Å². The fourth-order valence-corrected chi connectivity index (χ4v) is 4.98. The van der Waals surface area contributed by atoms with Gasteiger partial charge in [0.05, 0.1) is 11.7 Å². The van der Waals surface area contributed by atoms with Crippen molar-refractivity contribution in [2.75, 3.05) is 69.4 Å². The minimum atomic E-state index is -0.426. The van der Waals surface area contributed by atoms with Crippen LogP contribution in [0.1, 0.15) is 46.5 Å². The number of nitrogens with zero attached hydrogens (tertiary/aromatic N) is 4. The number of aromatic nitrogens is 1. The van der Waals surface area contributed by atoms with Crippen molar-refractivity contribution in [3.63, 3.8) is 0 Å². The molecule has 0 saturated carbocycles. The van der Waals surface area contributed by atoms with Crippen LogP contribution in [-0.2, 0) is 16.0 Å². The number of hydrogen-bond acceptors (Lipinski definition) is 8. The Balaban J connectivity index is 1.55. The first-order chi connectivity index (χ1) is 21.5. The lowest BCUT2D eigenvalue weighted by molar-refractivity contribution is -0.111. The molecular formula is C36H46N6O3. The van der Waals surface area contributed by atoms with Crippen molar-refractivity contribution >= 4 is 34.8 Å². The highest BCUT2D eigenvalue weighted by Crippen LogP contribution is 2.27. The van der Waals surface area contributed by atoms with E-state index >= 15 is 0 Å². The third-order valence-corrected chi connectivity index (χ3v) is 7.59. The fourth-order valence-electron chi connectivity index (χ4n) is 4.98. The Morgan fingerprint density at radius 2 is 1.73 bits per heavy atom. The second-order valence-electron chi connectivity index (χ2n) is 12.1. The Labute approximate surface area is 267 Å².